The molecule has 2 aromatic heterocycles. The van der Waals surface area contributed by atoms with E-state index in [9.17, 15) is 0 Å². The summed E-state index contributed by atoms with van der Waals surface area (Å²) in [5.41, 5.74) is 1.24. The Balaban J connectivity index is 1.69. The van der Waals surface area contributed by atoms with Crippen molar-refractivity contribution in [3.63, 3.8) is 0 Å². The van der Waals surface area contributed by atoms with Gasteiger partial charge in [-0.05, 0) is 25.8 Å². The van der Waals surface area contributed by atoms with Crippen LogP contribution in [0.2, 0.25) is 0 Å². The molecule has 0 atom stereocenters. The number of imidazole rings is 1. The number of rotatable bonds is 5. The molecule has 0 spiro atoms. The maximum Gasteiger partial charge on any atom is 0.122 e. The molecule has 90 valence electrons. The lowest BCUT2D eigenvalue weighted by atomic mass is 10.2. The quantitative estimate of drug-likeness (QED) is 0.856. The Morgan fingerprint density at radius 3 is 3.12 bits per heavy atom. The topological polar surface area (TPSA) is 43.0 Å². The summed E-state index contributed by atoms with van der Waals surface area (Å²) >= 11 is 0. The second-order valence-electron chi connectivity index (χ2n) is 4.63. The summed E-state index contributed by atoms with van der Waals surface area (Å²) in [6.07, 6.45) is 8.21. The van der Waals surface area contributed by atoms with Crippen LogP contribution in [-0.2, 0) is 13.1 Å². The normalized spacial score (nSPS) is 15.4. The average molecular weight is 231 g/mol. The zero-order valence-electron chi connectivity index (χ0n) is 10.0. The molecule has 1 aliphatic carbocycles. The number of nitrogens with zero attached hydrogens (tertiary/aromatic N) is 2. The molecule has 0 amide bonds. The lowest BCUT2D eigenvalue weighted by Crippen LogP contribution is -2.16. The Bertz CT molecular complexity index is 496. The van der Waals surface area contributed by atoms with Crippen LogP contribution in [0.1, 0.15) is 30.0 Å². The number of aryl methyl sites for hydroxylation is 1. The minimum absolute atomic E-state index is 0.711. The Morgan fingerprint density at radius 2 is 2.41 bits per heavy atom. The van der Waals surface area contributed by atoms with Gasteiger partial charge in [0.2, 0.25) is 0 Å². The highest BCUT2D eigenvalue weighted by Gasteiger charge is 2.21. The second kappa shape index (κ2) is 4.37. The SMILES string of the molecule is Cc1nccn1Cc1ccoc1CNC1CC1. The molecule has 0 saturated heterocycles. The molecular weight excluding hydrogens is 214 g/mol. The van der Waals surface area contributed by atoms with Crippen molar-refractivity contribution in [2.75, 3.05) is 0 Å². The van der Waals surface area contributed by atoms with E-state index in [1.165, 1.54) is 18.4 Å². The Morgan fingerprint density at radius 1 is 1.53 bits per heavy atom. The van der Waals surface area contributed by atoms with Gasteiger partial charge in [0, 0.05) is 24.0 Å². The van der Waals surface area contributed by atoms with Gasteiger partial charge in [-0.2, -0.15) is 0 Å². The average Bonchev–Trinajstić information content (AvgIpc) is 2.92. The van der Waals surface area contributed by atoms with Gasteiger partial charge in [0.1, 0.15) is 11.6 Å². The van der Waals surface area contributed by atoms with Gasteiger partial charge in [-0.15, -0.1) is 0 Å². The fourth-order valence-electron chi connectivity index (χ4n) is 1.94. The van der Waals surface area contributed by atoms with Crippen LogP contribution in [0.3, 0.4) is 0 Å². The molecule has 0 aliphatic heterocycles. The van der Waals surface area contributed by atoms with E-state index >= 15 is 0 Å². The number of aromatic nitrogens is 2. The maximum absolute atomic E-state index is 5.54. The standard InChI is InChI=1S/C13H17N3O/c1-10-14-5-6-16(10)9-11-4-7-17-13(11)8-15-12-2-3-12/h4-7,12,15H,2-3,8-9H2,1H3. The molecule has 4 nitrogen and oxygen atoms in total. The van der Waals surface area contributed by atoms with Crippen molar-refractivity contribution < 1.29 is 4.42 Å². The van der Waals surface area contributed by atoms with Gasteiger partial charge in [-0.3, -0.25) is 0 Å². The summed E-state index contributed by atoms with van der Waals surface area (Å²) < 4.78 is 7.67. The van der Waals surface area contributed by atoms with E-state index in [2.05, 4.69) is 14.9 Å². The van der Waals surface area contributed by atoms with E-state index < -0.39 is 0 Å². The largest absolute Gasteiger partial charge is 0.468 e. The Labute approximate surface area is 101 Å². The smallest absolute Gasteiger partial charge is 0.122 e. The van der Waals surface area contributed by atoms with Crippen molar-refractivity contribution in [1.29, 1.82) is 0 Å². The number of nitrogens with one attached hydrogen (secondary N) is 1. The highest BCUT2D eigenvalue weighted by atomic mass is 16.3. The van der Waals surface area contributed by atoms with Crippen LogP contribution in [-0.4, -0.2) is 15.6 Å². The van der Waals surface area contributed by atoms with Gasteiger partial charge in [0.05, 0.1) is 19.4 Å². The van der Waals surface area contributed by atoms with Gasteiger partial charge < -0.3 is 14.3 Å². The molecule has 4 heteroatoms. The molecule has 2 heterocycles. The monoisotopic (exact) mass is 231 g/mol. The van der Waals surface area contributed by atoms with Crippen molar-refractivity contribution in [2.24, 2.45) is 0 Å². The minimum Gasteiger partial charge on any atom is -0.468 e. The third kappa shape index (κ3) is 2.42. The van der Waals surface area contributed by atoms with E-state index in [0.717, 1.165) is 24.7 Å². The molecule has 1 saturated carbocycles. The first kappa shape index (κ1) is 10.6. The zero-order valence-corrected chi connectivity index (χ0v) is 10.0. The fraction of sp³-hybridized carbons (Fsp3) is 0.462. The lowest BCUT2D eigenvalue weighted by Gasteiger charge is -2.06. The Kier molecular flexibility index (Phi) is 2.73. The van der Waals surface area contributed by atoms with Gasteiger partial charge >= 0.3 is 0 Å². The highest BCUT2D eigenvalue weighted by molar-refractivity contribution is 5.18. The molecular formula is C13H17N3O. The summed E-state index contributed by atoms with van der Waals surface area (Å²) in [6, 6.07) is 2.76. The van der Waals surface area contributed by atoms with E-state index in [1.54, 1.807) is 6.26 Å². The minimum atomic E-state index is 0.711. The van der Waals surface area contributed by atoms with Gasteiger partial charge in [-0.25, -0.2) is 4.98 Å². The first-order valence-electron chi connectivity index (χ1n) is 6.09. The van der Waals surface area contributed by atoms with Crippen LogP contribution in [0, 0.1) is 6.92 Å². The third-order valence-electron chi connectivity index (χ3n) is 3.23. The molecule has 0 bridgehead atoms. The van der Waals surface area contributed by atoms with Crippen LogP contribution >= 0.6 is 0 Å². The molecule has 0 aromatic carbocycles. The summed E-state index contributed by atoms with van der Waals surface area (Å²) in [7, 11) is 0. The summed E-state index contributed by atoms with van der Waals surface area (Å²) in [5, 5.41) is 3.47. The molecule has 1 aliphatic rings. The molecule has 1 fully saturated rings. The number of hydrogen-bond acceptors (Lipinski definition) is 3. The molecule has 0 unspecified atom stereocenters. The number of hydrogen-bond donors (Lipinski definition) is 1. The van der Waals surface area contributed by atoms with E-state index in [-0.39, 0.29) is 0 Å². The molecule has 3 rings (SSSR count). The van der Waals surface area contributed by atoms with Crippen LogP contribution in [0.5, 0.6) is 0 Å². The summed E-state index contributed by atoms with van der Waals surface area (Å²) in [4.78, 5) is 4.23. The highest BCUT2D eigenvalue weighted by Crippen LogP contribution is 2.20. The van der Waals surface area contributed by atoms with Crippen molar-refractivity contribution >= 4 is 0 Å². The van der Waals surface area contributed by atoms with E-state index in [4.69, 9.17) is 4.42 Å². The lowest BCUT2D eigenvalue weighted by molar-refractivity contribution is 0.475. The van der Waals surface area contributed by atoms with Gasteiger partial charge in [0.25, 0.3) is 0 Å². The predicted molar refractivity (Wildman–Crippen MR) is 64.6 cm³/mol. The van der Waals surface area contributed by atoms with Crippen LogP contribution in [0.4, 0.5) is 0 Å². The van der Waals surface area contributed by atoms with Crippen molar-refractivity contribution in [2.45, 2.75) is 38.9 Å². The summed E-state index contributed by atoms with van der Waals surface area (Å²) in [6.45, 7) is 3.69. The molecule has 2 aromatic rings. The zero-order chi connectivity index (χ0) is 11.7. The van der Waals surface area contributed by atoms with E-state index in [1.807, 2.05) is 25.4 Å². The van der Waals surface area contributed by atoms with Crippen molar-refractivity contribution in [1.82, 2.24) is 14.9 Å². The second-order valence-corrected chi connectivity index (χ2v) is 4.63. The van der Waals surface area contributed by atoms with Crippen LogP contribution < -0.4 is 5.32 Å². The van der Waals surface area contributed by atoms with Crippen LogP contribution in [0.25, 0.3) is 0 Å². The maximum atomic E-state index is 5.54. The molecule has 17 heavy (non-hydrogen) atoms. The van der Waals surface area contributed by atoms with Gasteiger partial charge in [0.15, 0.2) is 0 Å². The Hall–Kier alpha value is -1.55. The van der Waals surface area contributed by atoms with Crippen molar-refractivity contribution in [3.05, 3.63) is 41.9 Å². The van der Waals surface area contributed by atoms with E-state index in [0.29, 0.717) is 6.04 Å². The third-order valence-corrected chi connectivity index (χ3v) is 3.23. The van der Waals surface area contributed by atoms with Crippen molar-refractivity contribution in [3.8, 4) is 0 Å². The van der Waals surface area contributed by atoms with Gasteiger partial charge in [-0.1, -0.05) is 0 Å². The number of furan rings is 1. The molecule has 0 radical (unpaired) electrons. The summed E-state index contributed by atoms with van der Waals surface area (Å²) in [5.74, 6) is 2.08. The predicted octanol–water partition coefficient (Wildman–Crippen LogP) is 2.08. The first-order chi connectivity index (χ1) is 8.33. The fourth-order valence-corrected chi connectivity index (χ4v) is 1.94. The first-order valence-corrected chi connectivity index (χ1v) is 6.09. The van der Waals surface area contributed by atoms with Crippen LogP contribution in [0.15, 0.2) is 29.1 Å². The molecule has 1 N–H and O–H groups in total.